The summed E-state index contributed by atoms with van der Waals surface area (Å²) < 4.78 is 0. The summed E-state index contributed by atoms with van der Waals surface area (Å²) in [5, 5.41) is 26.8. The second-order valence-corrected chi connectivity index (χ2v) is 8.35. The van der Waals surface area contributed by atoms with Gasteiger partial charge in [-0.05, 0) is 44.4 Å². The Labute approximate surface area is 202 Å². The standard InChI is InChI=1S/C23H34N6O6/c1-13(30)20(25)23(35)29-18(10-14-11-26-16-7-3-2-6-15(14)16)22(34)28-17(8-4-5-9-24)21(33)27-12-19(31)32/h2-3,6-7,11,13,17-18,20,26,30H,4-5,8-10,12,24-25H2,1H3,(H,27,33)(H,28,34)(H,29,35)(H,31,32). The summed E-state index contributed by atoms with van der Waals surface area (Å²) in [6.45, 7) is 1.16. The number of nitrogens with one attached hydrogen (secondary N) is 4. The van der Waals surface area contributed by atoms with Crippen molar-refractivity contribution >= 4 is 34.6 Å². The van der Waals surface area contributed by atoms with Crippen molar-refractivity contribution in [1.82, 2.24) is 20.9 Å². The number of benzene rings is 1. The van der Waals surface area contributed by atoms with Gasteiger partial charge in [-0.2, -0.15) is 0 Å². The number of nitrogens with two attached hydrogens (primary N) is 2. The van der Waals surface area contributed by atoms with Gasteiger partial charge >= 0.3 is 5.97 Å². The van der Waals surface area contributed by atoms with Crippen LogP contribution in [0.1, 0.15) is 31.7 Å². The molecule has 2 rings (SSSR count). The minimum Gasteiger partial charge on any atom is -0.480 e. The van der Waals surface area contributed by atoms with Gasteiger partial charge < -0.3 is 42.6 Å². The minimum absolute atomic E-state index is 0.0837. The highest BCUT2D eigenvalue weighted by atomic mass is 16.4. The average molecular weight is 491 g/mol. The molecule has 192 valence electrons. The van der Waals surface area contributed by atoms with Gasteiger partial charge in [-0.15, -0.1) is 0 Å². The van der Waals surface area contributed by atoms with Crippen molar-refractivity contribution in [2.24, 2.45) is 11.5 Å². The smallest absolute Gasteiger partial charge is 0.322 e. The van der Waals surface area contributed by atoms with E-state index in [1.807, 2.05) is 24.3 Å². The summed E-state index contributed by atoms with van der Waals surface area (Å²) in [4.78, 5) is 52.3. The zero-order valence-corrected chi connectivity index (χ0v) is 19.6. The molecule has 10 N–H and O–H groups in total. The number of carbonyl (C=O) groups excluding carboxylic acids is 3. The number of aromatic nitrogens is 1. The zero-order chi connectivity index (χ0) is 26.0. The van der Waals surface area contributed by atoms with E-state index in [2.05, 4.69) is 20.9 Å². The second-order valence-electron chi connectivity index (χ2n) is 8.35. The lowest BCUT2D eigenvalue weighted by Crippen LogP contribution is -2.58. The van der Waals surface area contributed by atoms with Crippen LogP contribution in [0.15, 0.2) is 30.5 Å². The number of hydrogen-bond donors (Lipinski definition) is 8. The Hall–Kier alpha value is -3.48. The van der Waals surface area contributed by atoms with E-state index < -0.39 is 54.5 Å². The van der Waals surface area contributed by atoms with Crippen LogP contribution in [0.3, 0.4) is 0 Å². The third-order valence-electron chi connectivity index (χ3n) is 5.55. The van der Waals surface area contributed by atoms with Gasteiger partial charge in [-0.1, -0.05) is 18.2 Å². The van der Waals surface area contributed by atoms with Crippen molar-refractivity contribution in [2.75, 3.05) is 13.1 Å². The van der Waals surface area contributed by atoms with E-state index >= 15 is 0 Å². The number of H-pyrrole nitrogens is 1. The maximum Gasteiger partial charge on any atom is 0.322 e. The number of aliphatic hydroxyl groups is 1. The molecule has 0 fully saturated rings. The lowest BCUT2D eigenvalue weighted by atomic mass is 10.0. The first-order valence-electron chi connectivity index (χ1n) is 11.4. The van der Waals surface area contributed by atoms with Crippen molar-refractivity contribution in [2.45, 2.75) is 56.8 Å². The number of carboxylic acids is 1. The molecule has 1 heterocycles. The quantitative estimate of drug-likeness (QED) is 0.149. The molecule has 0 bridgehead atoms. The Morgan fingerprint density at radius 2 is 1.71 bits per heavy atom. The number of para-hydroxylation sites is 1. The molecule has 2 aromatic rings. The highest BCUT2D eigenvalue weighted by Crippen LogP contribution is 2.19. The molecule has 12 heteroatoms. The third kappa shape index (κ3) is 8.35. The summed E-state index contributed by atoms with van der Waals surface area (Å²) in [7, 11) is 0. The van der Waals surface area contributed by atoms with Crippen LogP contribution in [0.5, 0.6) is 0 Å². The average Bonchev–Trinajstić information content (AvgIpc) is 3.23. The molecule has 4 unspecified atom stereocenters. The molecule has 1 aromatic carbocycles. The lowest BCUT2D eigenvalue weighted by Gasteiger charge is -2.24. The molecule has 1 aromatic heterocycles. The van der Waals surface area contributed by atoms with E-state index in [0.29, 0.717) is 19.4 Å². The fourth-order valence-electron chi connectivity index (χ4n) is 3.54. The van der Waals surface area contributed by atoms with Crippen LogP contribution in [0.25, 0.3) is 10.9 Å². The van der Waals surface area contributed by atoms with E-state index in [9.17, 15) is 24.3 Å². The van der Waals surface area contributed by atoms with Crippen LogP contribution in [-0.4, -0.2) is 76.2 Å². The maximum atomic E-state index is 13.3. The summed E-state index contributed by atoms with van der Waals surface area (Å²) in [6, 6.07) is 4.05. The Kier molecular flexibility index (Phi) is 10.6. The largest absolute Gasteiger partial charge is 0.480 e. The minimum atomic E-state index is -1.26. The van der Waals surface area contributed by atoms with Crippen LogP contribution < -0.4 is 27.4 Å². The second kappa shape index (κ2) is 13.4. The number of fused-ring (bicyclic) bond motifs is 1. The molecule has 0 aliphatic carbocycles. The number of unbranched alkanes of at least 4 members (excludes halogenated alkanes) is 1. The Morgan fingerprint density at radius 1 is 1.03 bits per heavy atom. The molecular formula is C23H34N6O6. The molecular weight excluding hydrogens is 456 g/mol. The molecule has 0 aliphatic heterocycles. The molecule has 0 saturated heterocycles. The van der Waals surface area contributed by atoms with Gasteiger partial charge in [-0.3, -0.25) is 19.2 Å². The Balaban J connectivity index is 2.25. The Bertz CT molecular complexity index is 1020. The van der Waals surface area contributed by atoms with E-state index in [-0.39, 0.29) is 12.8 Å². The van der Waals surface area contributed by atoms with Crippen LogP contribution in [0.2, 0.25) is 0 Å². The van der Waals surface area contributed by atoms with Gasteiger partial charge in [0, 0.05) is 23.5 Å². The lowest BCUT2D eigenvalue weighted by molar-refractivity contribution is -0.138. The number of carbonyl (C=O) groups is 4. The third-order valence-corrected chi connectivity index (χ3v) is 5.55. The number of amides is 3. The summed E-state index contributed by atoms with van der Waals surface area (Å²) >= 11 is 0. The normalized spacial score (nSPS) is 14.5. The predicted octanol–water partition coefficient (Wildman–Crippen LogP) is -1.28. The van der Waals surface area contributed by atoms with Crippen LogP contribution in [0.4, 0.5) is 0 Å². The van der Waals surface area contributed by atoms with Crippen molar-refractivity contribution in [3.05, 3.63) is 36.0 Å². The topological polar surface area (TPSA) is 213 Å². The summed E-state index contributed by atoms with van der Waals surface area (Å²) in [5.74, 6) is -3.25. The van der Waals surface area contributed by atoms with Gasteiger partial charge in [0.2, 0.25) is 17.7 Å². The first-order valence-corrected chi connectivity index (χ1v) is 11.4. The maximum absolute atomic E-state index is 13.3. The number of aliphatic carboxylic acids is 1. The molecule has 0 spiro atoms. The molecule has 0 aliphatic rings. The number of rotatable bonds is 14. The summed E-state index contributed by atoms with van der Waals surface area (Å²) in [5.41, 5.74) is 12.9. The molecule has 3 amide bonds. The van der Waals surface area contributed by atoms with Crippen molar-refractivity contribution in [1.29, 1.82) is 0 Å². The highest BCUT2D eigenvalue weighted by molar-refractivity contribution is 5.94. The van der Waals surface area contributed by atoms with E-state index in [1.165, 1.54) is 6.92 Å². The van der Waals surface area contributed by atoms with E-state index in [1.54, 1.807) is 6.20 Å². The van der Waals surface area contributed by atoms with Crippen molar-refractivity contribution < 1.29 is 29.4 Å². The summed E-state index contributed by atoms with van der Waals surface area (Å²) in [6.07, 6.45) is 2.03. The molecule has 35 heavy (non-hydrogen) atoms. The Morgan fingerprint density at radius 3 is 2.37 bits per heavy atom. The van der Waals surface area contributed by atoms with Gasteiger partial charge in [0.05, 0.1) is 6.10 Å². The van der Waals surface area contributed by atoms with Crippen molar-refractivity contribution in [3.63, 3.8) is 0 Å². The fraction of sp³-hybridized carbons (Fsp3) is 0.478. The number of aromatic amines is 1. The number of hydrogen-bond acceptors (Lipinski definition) is 7. The molecule has 12 nitrogen and oxygen atoms in total. The van der Waals surface area contributed by atoms with E-state index in [0.717, 1.165) is 16.5 Å². The van der Waals surface area contributed by atoms with E-state index in [4.69, 9.17) is 16.6 Å². The van der Waals surface area contributed by atoms with Crippen LogP contribution in [-0.2, 0) is 25.6 Å². The number of aliphatic hydroxyl groups excluding tert-OH is 1. The first-order chi connectivity index (χ1) is 16.6. The predicted molar refractivity (Wildman–Crippen MR) is 129 cm³/mol. The fourth-order valence-corrected chi connectivity index (χ4v) is 3.54. The zero-order valence-electron chi connectivity index (χ0n) is 19.6. The van der Waals surface area contributed by atoms with Gasteiger partial charge in [0.15, 0.2) is 0 Å². The van der Waals surface area contributed by atoms with Crippen molar-refractivity contribution in [3.8, 4) is 0 Å². The molecule has 0 radical (unpaired) electrons. The highest BCUT2D eigenvalue weighted by Gasteiger charge is 2.30. The van der Waals surface area contributed by atoms with Gasteiger partial charge in [-0.25, -0.2) is 0 Å². The molecule has 4 atom stereocenters. The number of carboxylic acid groups (broad SMARTS) is 1. The van der Waals surface area contributed by atoms with Gasteiger partial charge in [0.1, 0.15) is 24.7 Å². The first kappa shape index (κ1) is 27.8. The molecule has 0 saturated carbocycles. The SMILES string of the molecule is CC(O)C(N)C(=O)NC(Cc1c[nH]c2ccccc12)C(=O)NC(CCCCN)C(=O)NCC(=O)O. The van der Waals surface area contributed by atoms with Crippen LogP contribution >= 0.6 is 0 Å². The monoisotopic (exact) mass is 490 g/mol. The van der Waals surface area contributed by atoms with Crippen LogP contribution in [0, 0.1) is 0 Å². The van der Waals surface area contributed by atoms with Gasteiger partial charge in [0.25, 0.3) is 0 Å².